The van der Waals surface area contributed by atoms with E-state index in [2.05, 4.69) is 11.1 Å². The molecule has 1 aromatic heterocycles. The number of benzene rings is 2. The van der Waals surface area contributed by atoms with Crippen molar-refractivity contribution in [3.63, 3.8) is 0 Å². The molecule has 0 unspecified atom stereocenters. The lowest BCUT2D eigenvalue weighted by molar-refractivity contribution is 0.295. The van der Waals surface area contributed by atoms with Crippen molar-refractivity contribution in [3.8, 4) is 11.8 Å². The molecule has 0 aliphatic rings. The highest BCUT2D eigenvalue weighted by molar-refractivity contribution is 5.89. The van der Waals surface area contributed by atoms with E-state index in [0.717, 1.165) is 0 Å². The maximum atomic E-state index is 13.6. The fourth-order valence-corrected chi connectivity index (χ4v) is 2.18. The van der Waals surface area contributed by atoms with Crippen molar-refractivity contribution >= 4 is 10.9 Å². The molecule has 0 atom stereocenters. The molecule has 0 aliphatic heterocycles. The van der Waals surface area contributed by atoms with E-state index < -0.39 is 11.6 Å². The molecule has 0 amide bonds. The number of fused-ring (bicyclic) bond motifs is 1. The van der Waals surface area contributed by atoms with Crippen LogP contribution in [0.25, 0.3) is 10.9 Å². The van der Waals surface area contributed by atoms with Crippen molar-refractivity contribution < 1.29 is 13.5 Å². The van der Waals surface area contributed by atoms with Crippen LogP contribution in [0.3, 0.4) is 0 Å². The van der Waals surface area contributed by atoms with E-state index in [9.17, 15) is 8.78 Å². The molecule has 0 spiro atoms. The summed E-state index contributed by atoms with van der Waals surface area (Å²) in [7, 11) is 0. The molecule has 0 saturated carbocycles. The van der Waals surface area contributed by atoms with Crippen LogP contribution >= 0.6 is 0 Å². The van der Waals surface area contributed by atoms with Gasteiger partial charge in [0.25, 0.3) is 0 Å². The Morgan fingerprint density at radius 1 is 1.05 bits per heavy atom. The first-order valence-corrected chi connectivity index (χ1v) is 6.54. The Kier molecular flexibility index (Phi) is 3.67. The molecule has 0 aliphatic carbocycles. The van der Waals surface area contributed by atoms with Gasteiger partial charge in [-0.05, 0) is 24.3 Å². The maximum absolute atomic E-state index is 13.6. The molecular weight excluding hydrogens is 286 g/mol. The number of nitriles is 1. The average molecular weight is 296 g/mol. The predicted molar refractivity (Wildman–Crippen MR) is 77.1 cm³/mol. The molecule has 1 heterocycles. The third-order valence-corrected chi connectivity index (χ3v) is 3.29. The van der Waals surface area contributed by atoms with Crippen molar-refractivity contribution in [1.82, 2.24) is 4.98 Å². The number of aromatic nitrogens is 1. The van der Waals surface area contributed by atoms with E-state index in [1.165, 1.54) is 24.4 Å². The number of halogens is 2. The maximum Gasteiger partial charge on any atom is 0.146 e. The van der Waals surface area contributed by atoms with E-state index in [4.69, 9.17) is 10.00 Å². The molecule has 3 nitrogen and oxygen atoms in total. The van der Waals surface area contributed by atoms with Crippen LogP contribution in [0.4, 0.5) is 8.78 Å². The summed E-state index contributed by atoms with van der Waals surface area (Å²) in [6.45, 7) is -0.254. The van der Waals surface area contributed by atoms with Crippen molar-refractivity contribution in [2.24, 2.45) is 0 Å². The minimum Gasteiger partial charge on any atom is -0.486 e. The average Bonchev–Trinajstić information content (AvgIpc) is 2.54. The normalized spacial score (nSPS) is 10.4. The first-order valence-electron chi connectivity index (χ1n) is 6.54. The Morgan fingerprint density at radius 3 is 2.50 bits per heavy atom. The van der Waals surface area contributed by atoms with Gasteiger partial charge in [-0.2, -0.15) is 5.26 Å². The Labute approximate surface area is 125 Å². The van der Waals surface area contributed by atoms with Crippen molar-refractivity contribution in [2.75, 3.05) is 0 Å². The first kappa shape index (κ1) is 14.0. The highest BCUT2D eigenvalue weighted by atomic mass is 19.1. The summed E-state index contributed by atoms with van der Waals surface area (Å²) >= 11 is 0. The Hall–Kier alpha value is -3.00. The molecule has 5 heteroatoms. The SMILES string of the molecule is N#Cc1ccnc2c(OCc3c(F)cccc3F)cccc12. The summed E-state index contributed by atoms with van der Waals surface area (Å²) in [6, 6.07) is 12.4. The number of rotatable bonds is 3. The van der Waals surface area contributed by atoms with Gasteiger partial charge in [0.1, 0.15) is 29.5 Å². The number of hydrogen-bond donors (Lipinski definition) is 0. The van der Waals surface area contributed by atoms with Gasteiger partial charge in [-0.3, -0.25) is 4.98 Å². The molecular formula is C17H10F2N2O. The van der Waals surface area contributed by atoms with Crippen LogP contribution in [0.5, 0.6) is 5.75 Å². The molecule has 0 fully saturated rings. The smallest absolute Gasteiger partial charge is 0.146 e. The molecule has 2 aromatic carbocycles. The highest BCUT2D eigenvalue weighted by Gasteiger charge is 2.11. The monoisotopic (exact) mass is 296 g/mol. The fraction of sp³-hybridized carbons (Fsp3) is 0.0588. The summed E-state index contributed by atoms with van der Waals surface area (Å²) in [6.07, 6.45) is 1.50. The second-order valence-corrected chi connectivity index (χ2v) is 4.61. The molecule has 0 N–H and O–H groups in total. The van der Waals surface area contributed by atoms with Gasteiger partial charge in [-0.25, -0.2) is 8.78 Å². The van der Waals surface area contributed by atoms with E-state index in [-0.39, 0.29) is 12.2 Å². The van der Waals surface area contributed by atoms with Gasteiger partial charge in [0, 0.05) is 11.6 Å². The number of ether oxygens (including phenoxy) is 1. The van der Waals surface area contributed by atoms with Crippen molar-refractivity contribution in [2.45, 2.75) is 6.61 Å². The lowest BCUT2D eigenvalue weighted by Gasteiger charge is -2.10. The quantitative estimate of drug-likeness (QED) is 0.735. The molecule has 0 saturated heterocycles. The summed E-state index contributed by atoms with van der Waals surface area (Å²) in [5, 5.41) is 9.73. The first-order chi connectivity index (χ1) is 10.7. The van der Waals surface area contributed by atoms with Crippen molar-refractivity contribution in [3.05, 3.63) is 71.4 Å². The van der Waals surface area contributed by atoms with E-state index in [1.807, 2.05) is 0 Å². The van der Waals surface area contributed by atoms with E-state index >= 15 is 0 Å². The Bertz CT molecular complexity index is 867. The predicted octanol–water partition coefficient (Wildman–Crippen LogP) is 3.96. The minimum atomic E-state index is -0.661. The topological polar surface area (TPSA) is 45.9 Å². The lowest BCUT2D eigenvalue weighted by atomic mass is 10.1. The summed E-state index contributed by atoms with van der Waals surface area (Å²) in [5.74, 6) is -0.950. The second-order valence-electron chi connectivity index (χ2n) is 4.61. The number of para-hydroxylation sites is 1. The Morgan fingerprint density at radius 2 is 1.77 bits per heavy atom. The standard InChI is InChI=1S/C17H10F2N2O/c18-14-4-2-5-15(19)13(14)10-22-16-6-1-3-12-11(9-20)7-8-21-17(12)16/h1-8H,10H2. The van der Waals surface area contributed by atoms with Crippen LogP contribution < -0.4 is 4.74 Å². The van der Waals surface area contributed by atoms with Crippen LogP contribution in [0.2, 0.25) is 0 Å². The van der Waals surface area contributed by atoms with Gasteiger partial charge in [0.2, 0.25) is 0 Å². The Balaban J connectivity index is 1.97. The second kappa shape index (κ2) is 5.78. The van der Waals surface area contributed by atoms with Gasteiger partial charge < -0.3 is 4.74 Å². The number of hydrogen-bond acceptors (Lipinski definition) is 3. The third-order valence-electron chi connectivity index (χ3n) is 3.29. The molecule has 0 bridgehead atoms. The van der Waals surface area contributed by atoms with E-state index in [1.54, 1.807) is 24.3 Å². The van der Waals surface area contributed by atoms with Crippen LogP contribution in [-0.4, -0.2) is 4.98 Å². The summed E-state index contributed by atoms with van der Waals surface area (Å²) in [5.41, 5.74) is 0.807. The molecule has 22 heavy (non-hydrogen) atoms. The van der Waals surface area contributed by atoms with Gasteiger partial charge in [0.15, 0.2) is 0 Å². The zero-order chi connectivity index (χ0) is 15.5. The number of pyridine rings is 1. The molecule has 0 radical (unpaired) electrons. The zero-order valence-corrected chi connectivity index (χ0v) is 11.4. The van der Waals surface area contributed by atoms with Gasteiger partial charge >= 0.3 is 0 Å². The third kappa shape index (κ3) is 2.47. The highest BCUT2D eigenvalue weighted by Crippen LogP contribution is 2.27. The minimum absolute atomic E-state index is 0.143. The van der Waals surface area contributed by atoms with Crippen LogP contribution in [0.1, 0.15) is 11.1 Å². The lowest BCUT2D eigenvalue weighted by Crippen LogP contribution is -2.02. The zero-order valence-electron chi connectivity index (χ0n) is 11.4. The van der Waals surface area contributed by atoms with Gasteiger partial charge in [-0.15, -0.1) is 0 Å². The van der Waals surface area contributed by atoms with Crippen molar-refractivity contribution in [1.29, 1.82) is 5.26 Å². The number of nitrogens with zero attached hydrogens (tertiary/aromatic N) is 2. The van der Waals surface area contributed by atoms with Crippen LogP contribution in [-0.2, 0) is 6.61 Å². The van der Waals surface area contributed by atoms with Crippen LogP contribution in [0.15, 0.2) is 48.7 Å². The largest absolute Gasteiger partial charge is 0.486 e. The van der Waals surface area contributed by atoms with E-state index in [0.29, 0.717) is 22.2 Å². The van der Waals surface area contributed by atoms with Crippen LogP contribution in [0, 0.1) is 23.0 Å². The molecule has 3 aromatic rings. The summed E-state index contributed by atoms with van der Waals surface area (Å²) < 4.78 is 32.7. The van der Waals surface area contributed by atoms with Gasteiger partial charge in [0.05, 0.1) is 17.2 Å². The molecule has 108 valence electrons. The molecule has 3 rings (SSSR count). The summed E-state index contributed by atoms with van der Waals surface area (Å²) in [4.78, 5) is 4.18. The fourth-order valence-electron chi connectivity index (χ4n) is 2.18. The van der Waals surface area contributed by atoms with Gasteiger partial charge in [-0.1, -0.05) is 18.2 Å².